The van der Waals surface area contributed by atoms with Crippen LogP contribution in [0.1, 0.15) is 30.5 Å². The second-order valence-corrected chi connectivity index (χ2v) is 4.96. The molecule has 1 amide bonds. The molecule has 2 rings (SSSR count). The molecule has 0 aromatic heterocycles. The van der Waals surface area contributed by atoms with Crippen LogP contribution >= 0.6 is 0 Å². The van der Waals surface area contributed by atoms with Gasteiger partial charge in [-0.3, -0.25) is 4.79 Å². The number of amides is 1. The van der Waals surface area contributed by atoms with Crippen molar-refractivity contribution < 1.29 is 9.53 Å². The number of carbonyl (C=O) groups is 1. The number of methoxy groups -OCH3 is 1. The summed E-state index contributed by atoms with van der Waals surface area (Å²) in [5.74, 6) is 0.642. The first-order chi connectivity index (χ1) is 10.7. The van der Waals surface area contributed by atoms with Crippen molar-refractivity contribution >= 4 is 12.0 Å². The lowest BCUT2D eigenvalue weighted by Gasteiger charge is -2.16. The monoisotopic (exact) mass is 295 g/mol. The van der Waals surface area contributed by atoms with Gasteiger partial charge in [0.05, 0.1) is 13.2 Å². The molecule has 22 heavy (non-hydrogen) atoms. The number of nitrogens with one attached hydrogen (secondary N) is 1. The first-order valence-corrected chi connectivity index (χ1v) is 7.41. The third kappa shape index (κ3) is 4.22. The Morgan fingerprint density at radius 3 is 2.50 bits per heavy atom. The lowest BCUT2D eigenvalue weighted by molar-refractivity contribution is -0.117. The van der Waals surface area contributed by atoms with Gasteiger partial charge in [0.2, 0.25) is 5.91 Å². The van der Waals surface area contributed by atoms with Crippen molar-refractivity contribution in [2.45, 2.75) is 19.4 Å². The van der Waals surface area contributed by atoms with Gasteiger partial charge in [-0.2, -0.15) is 0 Å². The molecule has 0 aliphatic rings. The quantitative estimate of drug-likeness (QED) is 0.819. The number of para-hydroxylation sites is 1. The standard InChI is InChI=1S/C19H21NO2/c1-3-17(15-9-5-4-6-10-15)20-19(21)14-13-16-11-7-8-12-18(16)22-2/h4-14,17H,3H2,1-2H3,(H,20,21)/b14-13+/t17-/m0/s1. The predicted molar refractivity (Wildman–Crippen MR) is 89.6 cm³/mol. The minimum atomic E-state index is -0.110. The van der Waals surface area contributed by atoms with E-state index in [9.17, 15) is 4.79 Å². The molecular weight excluding hydrogens is 274 g/mol. The van der Waals surface area contributed by atoms with E-state index in [4.69, 9.17) is 4.74 Å². The van der Waals surface area contributed by atoms with Crippen LogP contribution in [0.3, 0.4) is 0 Å². The minimum absolute atomic E-state index is 0.0241. The van der Waals surface area contributed by atoms with E-state index in [1.54, 1.807) is 19.3 Å². The van der Waals surface area contributed by atoms with E-state index in [0.29, 0.717) is 0 Å². The van der Waals surface area contributed by atoms with Crippen LogP contribution in [0.4, 0.5) is 0 Å². The van der Waals surface area contributed by atoms with Gasteiger partial charge in [-0.25, -0.2) is 0 Å². The summed E-state index contributed by atoms with van der Waals surface area (Å²) in [5.41, 5.74) is 2.00. The fraction of sp³-hybridized carbons (Fsp3) is 0.211. The Labute approximate surface area is 131 Å². The van der Waals surface area contributed by atoms with Crippen LogP contribution in [0.5, 0.6) is 5.75 Å². The van der Waals surface area contributed by atoms with Gasteiger partial charge in [0.15, 0.2) is 0 Å². The Hall–Kier alpha value is -2.55. The molecule has 1 N–H and O–H groups in total. The fourth-order valence-electron chi connectivity index (χ4n) is 2.30. The summed E-state index contributed by atoms with van der Waals surface area (Å²) in [7, 11) is 1.62. The molecule has 0 heterocycles. The Balaban J connectivity index is 2.04. The number of rotatable bonds is 6. The van der Waals surface area contributed by atoms with Gasteiger partial charge < -0.3 is 10.1 Å². The van der Waals surface area contributed by atoms with E-state index in [1.165, 1.54) is 0 Å². The number of carbonyl (C=O) groups excluding carboxylic acids is 1. The van der Waals surface area contributed by atoms with E-state index < -0.39 is 0 Å². The molecule has 0 radical (unpaired) electrons. The van der Waals surface area contributed by atoms with Crippen molar-refractivity contribution in [2.75, 3.05) is 7.11 Å². The van der Waals surface area contributed by atoms with Gasteiger partial charge in [-0.1, -0.05) is 55.5 Å². The molecule has 3 heteroatoms. The van der Waals surface area contributed by atoms with Gasteiger partial charge in [0, 0.05) is 11.6 Å². The van der Waals surface area contributed by atoms with Crippen LogP contribution < -0.4 is 10.1 Å². The van der Waals surface area contributed by atoms with Crippen molar-refractivity contribution in [3.05, 3.63) is 71.8 Å². The molecule has 0 saturated carbocycles. The average Bonchev–Trinajstić information content (AvgIpc) is 2.58. The van der Waals surface area contributed by atoms with Crippen molar-refractivity contribution in [3.8, 4) is 5.75 Å². The molecular formula is C19H21NO2. The normalized spacial score (nSPS) is 12.1. The van der Waals surface area contributed by atoms with Crippen LogP contribution in [-0.2, 0) is 4.79 Å². The summed E-state index contributed by atoms with van der Waals surface area (Å²) in [6, 6.07) is 17.6. The lowest BCUT2D eigenvalue weighted by atomic mass is 10.0. The average molecular weight is 295 g/mol. The van der Waals surface area contributed by atoms with Crippen molar-refractivity contribution in [3.63, 3.8) is 0 Å². The molecule has 1 atom stereocenters. The molecule has 2 aromatic rings. The molecule has 114 valence electrons. The van der Waals surface area contributed by atoms with Crippen LogP contribution in [-0.4, -0.2) is 13.0 Å². The molecule has 0 saturated heterocycles. The van der Waals surface area contributed by atoms with Gasteiger partial charge in [0.25, 0.3) is 0 Å². The Kier molecular flexibility index (Phi) is 5.78. The van der Waals surface area contributed by atoms with Crippen LogP contribution in [0.15, 0.2) is 60.7 Å². The Morgan fingerprint density at radius 1 is 1.14 bits per heavy atom. The predicted octanol–water partition coefficient (Wildman–Crippen LogP) is 3.98. The van der Waals surface area contributed by atoms with Crippen molar-refractivity contribution in [2.24, 2.45) is 0 Å². The summed E-state index contributed by atoms with van der Waals surface area (Å²) in [5, 5.41) is 3.02. The maximum absolute atomic E-state index is 12.1. The summed E-state index contributed by atoms with van der Waals surface area (Å²) in [4.78, 5) is 12.1. The van der Waals surface area contributed by atoms with Gasteiger partial charge in [0.1, 0.15) is 5.75 Å². The van der Waals surface area contributed by atoms with Gasteiger partial charge >= 0.3 is 0 Å². The van der Waals surface area contributed by atoms with E-state index in [2.05, 4.69) is 12.2 Å². The summed E-state index contributed by atoms with van der Waals surface area (Å²) < 4.78 is 5.27. The highest BCUT2D eigenvalue weighted by Crippen LogP contribution is 2.19. The second-order valence-electron chi connectivity index (χ2n) is 4.96. The SMILES string of the molecule is CC[C@H](NC(=O)/C=C/c1ccccc1OC)c1ccccc1. The highest BCUT2D eigenvalue weighted by Gasteiger charge is 2.10. The number of hydrogen-bond acceptors (Lipinski definition) is 2. The molecule has 0 spiro atoms. The highest BCUT2D eigenvalue weighted by atomic mass is 16.5. The van der Waals surface area contributed by atoms with Gasteiger partial charge in [-0.15, -0.1) is 0 Å². The van der Waals surface area contributed by atoms with Crippen LogP contribution in [0.2, 0.25) is 0 Å². The first-order valence-electron chi connectivity index (χ1n) is 7.41. The van der Waals surface area contributed by atoms with Gasteiger partial charge in [-0.05, 0) is 24.1 Å². The number of benzene rings is 2. The Bertz CT molecular complexity index is 635. The van der Waals surface area contributed by atoms with Crippen LogP contribution in [0, 0.1) is 0 Å². The molecule has 0 aliphatic carbocycles. The molecule has 0 unspecified atom stereocenters. The smallest absolute Gasteiger partial charge is 0.244 e. The third-order valence-electron chi connectivity index (χ3n) is 3.48. The summed E-state index contributed by atoms with van der Waals surface area (Å²) in [6.07, 6.45) is 4.16. The number of hydrogen-bond donors (Lipinski definition) is 1. The molecule has 0 fully saturated rings. The zero-order valence-corrected chi connectivity index (χ0v) is 13.0. The zero-order chi connectivity index (χ0) is 15.8. The largest absolute Gasteiger partial charge is 0.496 e. The molecule has 0 aliphatic heterocycles. The summed E-state index contributed by atoms with van der Waals surface area (Å²) >= 11 is 0. The second kappa shape index (κ2) is 8.03. The molecule has 0 bridgehead atoms. The number of ether oxygens (including phenoxy) is 1. The zero-order valence-electron chi connectivity index (χ0n) is 13.0. The van der Waals surface area contributed by atoms with E-state index in [-0.39, 0.29) is 11.9 Å². The maximum atomic E-state index is 12.1. The maximum Gasteiger partial charge on any atom is 0.244 e. The molecule has 2 aromatic carbocycles. The fourth-order valence-corrected chi connectivity index (χ4v) is 2.30. The Morgan fingerprint density at radius 2 is 1.82 bits per heavy atom. The summed E-state index contributed by atoms with van der Waals surface area (Å²) in [6.45, 7) is 2.06. The van der Waals surface area contributed by atoms with E-state index >= 15 is 0 Å². The van der Waals surface area contributed by atoms with Crippen molar-refractivity contribution in [1.29, 1.82) is 0 Å². The first kappa shape index (κ1) is 15.8. The topological polar surface area (TPSA) is 38.3 Å². The minimum Gasteiger partial charge on any atom is -0.496 e. The van der Waals surface area contributed by atoms with Crippen LogP contribution in [0.25, 0.3) is 6.08 Å². The highest BCUT2D eigenvalue weighted by molar-refractivity contribution is 5.92. The van der Waals surface area contributed by atoms with Crippen molar-refractivity contribution in [1.82, 2.24) is 5.32 Å². The lowest BCUT2D eigenvalue weighted by Crippen LogP contribution is -2.26. The molecule has 3 nitrogen and oxygen atoms in total. The third-order valence-corrected chi connectivity index (χ3v) is 3.48. The van der Waals surface area contributed by atoms with E-state index in [0.717, 1.165) is 23.3 Å². The van der Waals surface area contributed by atoms with E-state index in [1.807, 2.05) is 54.6 Å².